The van der Waals surface area contributed by atoms with Gasteiger partial charge in [0.25, 0.3) is 0 Å². The lowest BCUT2D eigenvalue weighted by atomic mass is 10.2. The highest BCUT2D eigenvalue weighted by molar-refractivity contribution is 7.10. The third-order valence-corrected chi connectivity index (χ3v) is 3.87. The second-order valence-corrected chi connectivity index (χ2v) is 5.40. The van der Waals surface area contributed by atoms with Crippen molar-refractivity contribution in [3.8, 4) is 5.75 Å². The lowest BCUT2D eigenvalue weighted by Gasteiger charge is -2.16. The van der Waals surface area contributed by atoms with Crippen LogP contribution in [-0.2, 0) is 0 Å². The molecule has 0 amide bonds. The molecule has 2 rings (SSSR count). The largest absolute Gasteiger partial charge is 0.491 e. The zero-order valence-electron chi connectivity index (χ0n) is 11.0. The Morgan fingerprint density at radius 3 is 2.68 bits per heavy atom. The van der Waals surface area contributed by atoms with Crippen molar-refractivity contribution in [2.24, 2.45) is 0 Å². The van der Waals surface area contributed by atoms with Gasteiger partial charge in [-0.05, 0) is 30.5 Å². The molecular formula is C15H19NO2S. The smallest absolute Gasteiger partial charge is 0.119 e. The minimum absolute atomic E-state index is 0.256. The molecule has 0 saturated heterocycles. The molecule has 0 radical (unpaired) electrons. The lowest BCUT2D eigenvalue weighted by Crippen LogP contribution is -2.32. The number of hydrogen-bond donors (Lipinski definition) is 2. The second kappa shape index (κ2) is 7.28. The third-order valence-electron chi connectivity index (χ3n) is 2.82. The minimum Gasteiger partial charge on any atom is -0.491 e. The summed E-state index contributed by atoms with van der Waals surface area (Å²) in [6.07, 6.45) is -0.511. The van der Waals surface area contributed by atoms with E-state index in [0.717, 1.165) is 5.75 Å². The van der Waals surface area contributed by atoms with E-state index in [9.17, 15) is 5.11 Å². The van der Waals surface area contributed by atoms with Gasteiger partial charge in [0.05, 0.1) is 0 Å². The van der Waals surface area contributed by atoms with E-state index in [-0.39, 0.29) is 6.04 Å². The summed E-state index contributed by atoms with van der Waals surface area (Å²) in [6.45, 7) is 2.91. The Balaban J connectivity index is 1.69. The molecule has 0 aliphatic rings. The van der Waals surface area contributed by atoms with Crippen LogP contribution in [0.3, 0.4) is 0 Å². The van der Waals surface area contributed by atoms with Crippen molar-refractivity contribution in [3.63, 3.8) is 0 Å². The molecule has 4 heteroatoms. The summed E-state index contributed by atoms with van der Waals surface area (Å²) < 4.78 is 5.50. The van der Waals surface area contributed by atoms with Gasteiger partial charge in [-0.25, -0.2) is 0 Å². The van der Waals surface area contributed by atoms with Crippen LogP contribution in [0.4, 0.5) is 0 Å². The highest BCUT2D eigenvalue weighted by atomic mass is 32.1. The van der Waals surface area contributed by atoms with E-state index < -0.39 is 6.10 Å². The molecule has 2 atom stereocenters. The van der Waals surface area contributed by atoms with Crippen LogP contribution in [0.25, 0.3) is 0 Å². The van der Waals surface area contributed by atoms with Gasteiger partial charge in [0, 0.05) is 17.5 Å². The highest BCUT2D eigenvalue weighted by Crippen LogP contribution is 2.17. The van der Waals surface area contributed by atoms with Gasteiger partial charge in [-0.3, -0.25) is 0 Å². The number of nitrogens with one attached hydrogen (secondary N) is 1. The van der Waals surface area contributed by atoms with Crippen LogP contribution in [0, 0.1) is 0 Å². The van der Waals surface area contributed by atoms with E-state index in [1.54, 1.807) is 11.3 Å². The molecule has 2 aromatic rings. The molecule has 2 unspecified atom stereocenters. The molecule has 102 valence electrons. The molecule has 0 fully saturated rings. The average molecular weight is 277 g/mol. The maximum Gasteiger partial charge on any atom is 0.119 e. The van der Waals surface area contributed by atoms with Crippen LogP contribution in [0.2, 0.25) is 0 Å². The molecular weight excluding hydrogens is 258 g/mol. The van der Waals surface area contributed by atoms with Crippen LogP contribution < -0.4 is 10.1 Å². The average Bonchev–Trinajstić information content (AvgIpc) is 2.98. The monoisotopic (exact) mass is 277 g/mol. The van der Waals surface area contributed by atoms with E-state index in [1.165, 1.54) is 4.88 Å². The summed E-state index contributed by atoms with van der Waals surface area (Å²) in [5.41, 5.74) is 0. The van der Waals surface area contributed by atoms with Crippen molar-refractivity contribution >= 4 is 11.3 Å². The highest BCUT2D eigenvalue weighted by Gasteiger charge is 2.09. The van der Waals surface area contributed by atoms with E-state index >= 15 is 0 Å². The van der Waals surface area contributed by atoms with Crippen molar-refractivity contribution < 1.29 is 9.84 Å². The number of aliphatic hydroxyl groups excluding tert-OH is 1. The number of benzene rings is 1. The fourth-order valence-electron chi connectivity index (χ4n) is 1.72. The molecule has 1 aromatic carbocycles. The summed E-state index contributed by atoms with van der Waals surface area (Å²) in [5, 5.41) is 15.2. The number of rotatable bonds is 7. The van der Waals surface area contributed by atoms with E-state index in [4.69, 9.17) is 4.74 Å². The number of para-hydroxylation sites is 1. The van der Waals surface area contributed by atoms with Crippen LogP contribution in [0.5, 0.6) is 5.75 Å². The minimum atomic E-state index is -0.511. The molecule has 1 heterocycles. The van der Waals surface area contributed by atoms with Gasteiger partial charge in [-0.2, -0.15) is 0 Å². The van der Waals surface area contributed by atoms with Crippen LogP contribution in [-0.4, -0.2) is 24.4 Å². The molecule has 0 saturated carbocycles. The second-order valence-electron chi connectivity index (χ2n) is 4.42. The summed E-state index contributed by atoms with van der Waals surface area (Å²) in [7, 11) is 0. The van der Waals surface area contributed by atoms with Crippen molar-refractivity contribution in [1.82, 2.24) is 5.32 Å². The van der Waals surface area contributed by atoms with Crippen molar-refractivity contribution in [1.29, 1.82) is 0 Å². The molecule has 2 N–H and O–H groups in total. The van der Waals surface area contributed by atoms with Gasteiger partial charge in [0.1, 0.15) is 18.5 Å². The summed E-state index contributed by atoms with van der Waals surface area (Å²) in [4.78, 5) is 1.27. The molecule has 0 bridgehead atoms. The Bertz CT molecular complexity index is 458. The first-order valence-electron chi connectivity index (χ1n) is 6.38. The first-order chi connectivity index (χ1) is 9.25. The summed E-state index contributed by atoms with van der Waals surface area (Å²) in [6, 6.07) is 13.9. The molecule has 0 aliphatic heterocycles. The lowest BCUT2D eigenvalue weighted by molar-refractivity contribution is 0.104. The third kappa shape index (κ3) is 4.67. The topological polar surface area (TPSA) is 41.5 Å². The Hall–Kier alpha value is -1.36. The Morgan fingerprint density at radius 1 is 1.21 bits per heavy atom. The zero-order chi connectivity index (χ0) is 13.5. The first kappa shape index (κ1) is 14.1. The van der Waals surface area contributed by atoms with E-state index in [0.29, 0.717) is 13.2 Å². The fourth-order valence-corrected chi connectivity index (χ4v) is 2.48. The van der Waals surface area contributed by atoms with Gasteiger partial charge >= 0.3 is 0 Å². The van der Waals surface area contributed by atoms with Gasteiger partial charge < -0.3 is 15.2 Å². The molecule has 19 heavy (non-hydrogen) atoms. The van der Waals surface area contributed by atoms with Crippen molar-refractivity contribution in [3.05, 3.63) is 52.7 Å². The maximum absolute atomic E-state index is 9.87. The van der Waals surface area contributed by atoms with E-state index in [2.05, 4.69) is 23.7 Å². The molecule has 0 aliphatic carbocycles. The quantitative estimate of drug-likeness (QED) is 0.817. The van der Waals surface area contributed by atoms with Crippen LogP contribution in [0.15, 0.2) is 47.8 Å². The van der Waals surface area contributed by atoms with Crippen molar-refractivity contribution in [2.75, 3.05) is 13.2 Å². The Morgan fingerprint density at radius 2 is 2.00 bits per heavy atom. The number of hydrogen-bond acceptors (Lipinski definition) is 4. The van der Waals surface area contributed by atoms with Crippen LogP contribution in [0.1, 0.15) is 17.8 Å². The van der Waals surface area contributed by atoms with Gasteiger partial charge in [0.15, 0.2) is 0 Å². The van der Waals surface area contributed by atoms with Gasteiger partial charge in [0.2, 0.25) is 0 Å². The standard InChI is InChI=1S/C15H19NO2S/c1-12(15-8-5-9-19-15)16-10-13(17)11-18-14-6-3-2-4-7-14/h2-9,12-13,16-17H,10-11H2,1H3. The zero-order valence-corrected chi connectivity index (χ0v) is 11.8. The SMILES string of the molecule is CC(NCC(O)COc1ccccc1)c1cccs1. The number of thiophene rings is 1. The maximum atomic E-state index is 9.87. The molecule has 3 nitrogen and oxygen atoms in total. The predicted octanol–water partition coefficient (Wildman–Crippen LogP) is 2.84. The number of aliphatic hydroxyl groups is 1. The van der Waals surface area contributed by atoms with Gasteiger partial charge in [-0.1, -0.05) is 24.3 Å². The van der Waals surface area contributed by atoms with Crippen LogP contribution >= 0.6 is 11.3 Å². The Kier molecular flexibility index (Phi) is 5.39. The Labute approximate surface area is 117 Å². The van der Waals surface area contributed by atoms with E-state index in [1.807, 2.05) is 36.4 Å². The normalized spacial score (nSPS) is 14.0. The summed E-state index contributed by atoms with van der Waals surface area (Å²) >= 11 is 1.72. The summed E-state index contributed by atoms with van der Waals surface area (Å²) in [5.74, 6) is 0.785. The van der Waals surface area contributed by atoms with Crippen molar-refractivity contribution in [2.45, 2.75) is 19.1 Å². The predicted molar refractivity (Wildman–Crippen MR) is 78.7 cm³/mol. The number of ether oxygens (including phenoxy) is 1. The molecule has 1 aromatic heterocycles. The molecule has 0 spiro atoms. The first-order valence-corrected chi connectivity index (χ1v) is 7.26. The fraction of sp³-hybridized carbons (Fsp3) is 0.333. The van der Waals surface area contributed by atoms with Gasteiger partial charge in [-0.15, -0.1) is 11.3 Å².